The van der Waals surface area contributed by atoms with Crippen molar-refractivity contribution in [2.75, 3.05) is 0 Å². The zero-order valence-corrected chi connectivity index (χ0v) is 33.9. The predicted molar refractivity (Wildman–Crippen MR) is 255 cm³/mol. The summed E-state index contributed by atoms with van der Waals surface area (Å²) in [7, 11) is 0. The lowest BCUT2D eigenvalue weighted by atomic mass is 9.93. The van der Waals surface area contributed by atoms with Gasteiger partial charge in [-0.3, -0.25) is 4.79 Å². The molecule has 3 nitrogen and oxygen atoms in total. The maximum atomic E-state index is 15.2. The van der Waals surface area contributed by atoms with E-state index in [4.69, 9.17) is 9.97 Å². The Labute approximate surface area is 362 Å². The van der Waals surface area contributed by atoms with Crippen LogP contribution in [0.5, 0.6) is 0 Å². The van der Waals surface area contributed by atoms with Gasteiger partial charge in [0.25, 0.3) is 0 Å². The summed E-state index contributed by atoms with van der Waals surface area (Å²) in [5.74, 6) is 0.282. The third-order valence-corrected chi connectivity index (χ3v) is 11.2. The van der Waals surface area contributed by atoms with Gasteiger partial charge in [0.1, 0.15) is 5.69 Å². The minimum absolute atomic E-state index is 0.185. The van der Waals surface area contributed by atoms with E-state index < -0.39 is 0 Å². The topological polar surface area (TPSA) is 42.9 Å². The molecule has 0 spiro atoms. The second-order valence-electron chi connectivity index (χ2n) is 15.4. The summed E-state index contributed by atoms with van der Waals surface area (Å²) in [6, 6.07) is 82.9. The highest BCUT2D eigenvalue weighted by atomic mass is 16.1. The fraction of sp³-hybridized carbons (Fsp3) is 0. The van der Waals surface area contributed by atoms with Crippen molar-refractivity contribution in [1.82, 2.24) is 9.97 Å². The molecule has 0 fully saturated rings. The summed E-state index contributed by atoms with van der Waals surface area (Å²) in [4.78, 5) is 25.8. The SMILES string of the molecule is O=C(c1cc(-c2ccccc2)cc(-c2ccccc2)c1)c1cc(-c2cc(-c3ccccc3)cc(-c3ccccc3)c2)nc(-c2cc(-c3ccccc3)cc(-c3ccccc3)c2)n1. The van der Waals surface area contributed by atoms with Crippen LogP contribution < -0.4 is 0 Å². The maximum Gasteiger partial charge on any atom is 0.211 e. The van der Waals surface area contributed by atoms with Gasteiger partial charge < -0.3 is 0 Å². The van der Waals surface area contributed by atoms with E-state index in [2.05, 4.69) is 164 Å². The standard InChI is InChI=1S/C59H40N2O/c62-58(54-36-49(43-23-11-3-12-24-43)32-50(37-54)44-25-13-4-14-26-44)57-40-56(53-34-47(41-19-7-1-8-20-41)31-48(35-53)42-21-9-2-10-22-42)60-59(61-57)55-38-51(45-27-15-5-16-28-45)33-52(39-55)46-29-17-6-18-30-46/h1-40H. The summed E-state index contributed by atoms with van der Waals surface area (Å²) in [5, 5.41) is 0. The van der Waals surface area contributed by atoms with Crippen LogP contribution in [0.15, 0.2) is 243 Å². The Morgan fingerprint density at radius 1 is 0.258 bits per heavy atom. The molecule has 292 valence electrons. The molecule has 10 aromatic rings. The van der Waals surface area contributed by atoms with Crippen LogP contribution in [-0.4, -0.2) is 15.8 Å². The molecule has 0 saturated carbocycles. The van der Waals surface area contributed by atoms with Crippen molar-refractivity contribution in [2.24, 2.45) is 0 Å². The smallest absolute Gasteiger partial charge is 0.211 e. The number of rotatable bonds is 10. The van der Waals surface area contributed by atoms with Crippen molar-refractivity contribution in [3.05, 3.63) is 254 Å². The van der Waals surface area contributed by atoms with Gasteiger partial charge >= 0.3 is 0 Å². The third-order valence-electron chi connectivity index (χ3n) is 11.2. The summed E-state index contributed by atoms with van der Waals surface area (Å²) >= 11 is 0. The molecule has 1 heterocycles. The third kappa shape index (κ3) is 8.16. The molecule has 1 aromatic heterocycles. The van der Waals surface area contributed by atoms with Crippen LogP contribution >= 0.6 is 0 Å². The van der Waals surface area contributed by atoms with Gasteiger partial charge in [-0.15, -0.1) is 0 Å². The van der Waals surface area contributed by atoms with Crippen LogP contribution in [-0.2, 0) is 0 Å². The van der Waals surface area contributed by atoms with Crippen molar-refractivity contribution in [3.63, 3.8) is 0 Å². The highest BCUT2D eigenvalue weighted by Crippen LogP contribution is 2.37. The summed E-state index contributed by atoms with van der Waals surface area (Å²) in [5.41, 5.74) is 15.7. The normalized spacial score (nSPS) is 11.0. The second kappa shape index (κ2) is 17.1. The maximum absolute atomic E-state index is 15.2. The van der Waals surface area contributed by atoms with Crippen molar-refractivity contribution in [2.45, 2.75) is 0 Å². The largest absolute Gasteiger partial charge is 0.287 e. The first-order valence-electron chi connectivity index (χ1n) is 20.8. The van der Waals surface area contributed by atoms with Gasteiger partial charge in [-0.05, 0) is 127 Å². The first-order chi connectivity index (χ1) is 30.6. The number of carbonyl (C=O) groups is 1. The minimum Gasteiger partial charge on any atom is -0.287 e. The van der Waals surface area contributed by atoms with Crippen LogP contribution in [0, 0.1) is 0 Å². The van der Waals surface area contributed by atoms with E-state index in [1.54, 1.807) is 0 Å². The van der Waals surface area contributed by atoms with E-state index in [0.717, 1.165) is 77.9 Å². The number of carbonyl (C=O) groups excluding carboxylic acids is 1. The summed E-state index contributed by atoms with van der Waals surface area (Å²) in [6.07, 6.45) is 0. The molecule has 0 amide bonds. The van der Waals surface area contributed by atoms with Crippen LogP contribution in [0.2, 0.25) is 0 Å². The van der Waals surface area contributed by atoms with Gasteiger partial charge in [0, 0.05) is 16.7 Å². The number of ketones is 1. The molecule has 0 bridgehead atoms. The summed E-state index contributed by atoms with van der Waals surface area (Å²) < 4.78 is 0. The monoisotopic (exact) mass is 792 g/mol. The zero-order chi connectivity index (χ0) is 41.7. The molecule has 0 atom stereocenters. The molecule has 9 aromatic carbocycles. The van der Waals surface area contributed by atoms with Crippen molar-refractivity contribution < 1.29 is 4.79 Å². The van der Waals surface area contributed by atoms with Gasteiger partial charge in [0.2, 0.25) is 5.78 Å². The zero-order valence-electron chi connectivity index (χ0n) is 33.9. The van der Waals surface area contributed by atoms with Gasteiger partial charge in [-0.25, -0.2) is 9.97 Å². The van der Waals surface area contributed by atoms with E-state index in [1.165, 1.54) is 0 Å². The Kier molecular flexibility index (Phi) is 10.5. The Morgan fingerprint density at radius 2 is 0.532 bits per heavy atom. The molecule has 0 aliphatic rings. The highest BCUT2D eigenvalue weighted by Gasteiger charge is 2.20. The Morgan fingerprint density at radius 3 is 0.855 bits per heavy atom. The lowest BCUT2D eigenvalue weighted by Crippen LogP contribution is -2.08. The molecule has 10 rings (SSSR count). The van der Waals surface area contributed by atoms with Crippen LogP contribution in [0.3, 0.4) is 0 Å². The Hall–Kier alpha value is -8.27. The number of nitrogens with zero attached hydrogens (tertiary/aromatic N) is 2. The van der Waals surface area contributed by atoms with Crippen LogP contribution in [0.4, 0.5) is 0 Å². The first-order valence-corrected chi connectivity index (χ1v) is 20.8. The second-order valence-corrected chi connectivity index (χ2v) is 15.4. The highest BCUT2D eigenvalue weighted by molar-refractivity contribution is 6.10. The van der Waals surface area contributed by atoms with E-state index in [1.807, 2.05) is 78.9 Å². The number of hydrogen-bond donors (Lipinski definition) is 0. The van der Waals surface area contributed by atoms with Crippen LogP contribution in [0.1, 0.15) is 16.1 Å². The van der Waals surface area contributed by atoms with E-state index >= 15 is 4.79 Å². The molecular weight excluding hydrogens is 753 g/mol. The fourth-order valence-corrected chi connectivity index (χ4v) is 8.06. The van der Waals surface area contributed by atoms with Gasteiger partial charge in [-0.2, -0.15) is 0 Å². The molecule has 3 heteroatoms. The molecule has 0 radical (unpaired) electrons. The lowest BCUT2D eigenvalue weighted by molar-refractivity contribution is 0.103. The van der Waals surface area contributed by atoms with Gasteiger partial charge in [0.15, 0.2) is 5.82 Å². The minimum atomic E-state index is -0.185. The molecule has 62 heavy (non-hydrogen) atoms. The molecule has 0 N–H and O–H groups in total. The van der Waals surface area contributed by atoms with Crippen molar-refractivity contribution in [1.29, 1.82) is 0 Å². The van der Waals surface area contributed by atoms with Gasteiger partial charge in [-0.1, -0.05) is 182 Å². The van der Waals surface area contributed by atoms with Gasteiger partial charge in [0.05, 0.1) is 5.69 Å². The van der Waals surface area contributed by atoms with Crippen molar-refractivity contribution in [3.8, 4) is 89.4 Å². The average Bonchev–Trinajstić information content (AvgIpc) is 3.37. The Balaban J connectivity index is 1.21. The number of hydrogen-bond acceptors (Lipinski definition) is 3. The molecule has 0 aliphatic carbocycles. The predicted octanol–water partition coefficient (Wildman–Crippen LogP) is 15.0. The first kappa shape index (κ1) is 38.0. The average molecular weight is 793 g/mol. The summed E-state index contributed by atoms with van der Waals surface area (Å²) in [6.45, 7) is 0. The number of aromatic nitrogens is 2. The fourth-order valence-electron chi connectivity index (χ4n) is 8.06. The van der Waals surface area contributed by atoms with E-state index in [-0.39, 0.29) is 5.78 Å². The van der Waals surface area contributed by atoms with E-state index in [0.29, 0.717) is 22.8 Å². The molecule has 0 unspecified atom stereocenters. The quantitative estimate of drug-likeness (QED) is 0.130. The molecule has 0 aliphatic heterocycles. The van der Waals surface area contributed by atoms with Crippen LogP contribution in [0.25, 0.3) is 89.4 Å². The molecule has 0 saturated heterocycles. The van der Waals surface area contributed by atoms with E-state index in [9.17, 15) is 0 Å². The lowest BCUT2D eigenvalue weighted by Gasteiger charge is -2.15. The Bertz CT molecular complexity index is 2830. The van der Waals surface area contributed by atoms with Crippen molar-refractivity contribution >= 4 is 5.78 Å². The number of benzene rings is 9. The molecular formula is C59H40N2O.